The van der Waals surface area contributed by atoms with Gasteiger partial charge in [0.25, 0.3) is 0 Å². The van der Waals surface area contributed by atoms with Gasteiger partial charge in [0.2, 0.25) is 0 Å². The van der Waals surface area contributed by atoms with E-state index in [1.165, 1.54) is 31.5 Å². The van der Waals surface area contributed by atoms with Gasteiger partial charge in [0.1, 0.15) is 0 Å². The fourth-order valence-electron chi connectivity index (χ4n) is 2.91. The number of aromatic nitrogens is 2. The summed E-state index contributed by atoms with van der Waals surface area (Å²) in [6, 6.07) is 10.9. The Morgan fingerprint density at radius 1 is 1.19 bits per heavy atom. The van der Waals surface area contributed by atoms with Gasteiger partial charge in [-0.25, -0.2) is 4.68 Å². The summed E-state index contributed by atoms with van der Waals surface area (Å²) in [6.45, 7) is 6.75. The van der Waals surface area contributed by atoms with E-state index in [-0.39, 0.29) is 0 Å². The first-order valence-electron chi connectivity index (χ1n) is 7.86. The third kappa shape index (κ3) is 3.71. The molecule has 1 fully saturated rings. The highest BCUT2D eigenvalue weighted by Gasteiger charge is 2.17. The fraction of sp³-hybridized carbons (Fsp3) is 0.471. The lowest BCUT2D eigenvalue weighted by molar-refractivity contribution is 0.251. The zero-order valence-electron chi connectivity index (χ0n) is 12.7. The molecule has 0 bridgehead atoms. The summed E-state index contributed by atoms with van der Waals surface area (Å²) in [5, 5.41) is 7.98. The summed E-state index contributed by atoms with van der Waals surface area (Å²) >= 11 is 0. The molecule has 1 aromatic heterocycles. The second-order valence-corrected chi connectivity index (χ2v) is 5.85. The van der Waals surface area contributed by atoms with Gasteiger partial charge in [-0.2, -0.15) is 5.10 Å². The van der Waals surface area contributed by atoms with Crippen LogP contribution < -0.4 is 5.32 Å². The number of nitrogens with one attached hydrogen (secondary N) is 1. The SMILES string of the molecule is CC(CNCc1cnn(-c2ccccc2)c1)N1CCCC1. The Labute approximate surface area is 126 Å². The molecule has 0 amide bonds. The van der Waals surface area contributed by atoms with E-state index in [2.05, 4.69) is 40.6 Å². The number of rotatable bonds is 6. The molecule has 112 valence electrons. The number of benzene rings is 1. The van der Waals surface area contributed by atoms with E-state index in [0.29, 0.717) is 6.04 Å². The minimum Gasteiger partial charge on any atom is -0.311 e. The maximum Gasteiger partial charge on any atom is 0.0645 e. The van der Waals surface area contributed by atoms with Crippen molar-refractivity contribution < 1.29 is 0 Å². The Hall–Kier alpha value is -1.65. The molecule has 0 aliphatic carbocycles. The molecule has 21 heavy (non-hydrogen) atoms. The molecule has 2 heterocycles. The van der Waals surface area contributed by atoms with Gasteiger partial charge in [0, 0.05) is 30.9 Å². The van der Waals surface area contributed by atoms with Crippen LogP contribution in [-0.2, 0) is 6.54 Å². The minimum atomic E-state index is 0.622. The Kier molecular flexibility index (Phi) is 4.68. The average molecular weight is 284 g/mol. The molecule has 0 radical (unpaired) electrons. The number of hydrogen-bond acceptors (Lipinski definition) is 3. The van der Waals surface area contributed by atoms with Crippen LogP contribution in [0.4, 0.5) is 0 Å². The molecule has 1 unspecified atom stereocenters. The second-order valence-electron chi connectivity index (χ2n) is 5.85. The summed E-state index contributed by atoms with van der Waals surface area (Å²) < 4.78 is 1.93. The monoisotopic (exact) mass is 284 g/mol. The lowest BCUT2D eigenvalue weighted by Gasteiger charge is -2.23. The van der Waals surface area contributed by atoms with Gasteiger partial charge in [0.15, 0.2) is 0 Å². The molecule has 1 N–H and O–H groups in total. The van der Waals surface area contributed by atoms with E-state index in [0.717, 1.165) is 18.8 Å². The normalized spacial score (nSPS) is 17.2. The van der Waals surface area contributed by atoms with Gasteiger partial charge in [-0.1, -0.05) is 18.2 Å². The number of nitrogens with zero attached hydrogens (tertiary/aromatic N) is 3. The third-order valence-corrected chi connectivity index (χ3v) is 4.19. The van der Waals surface area contributed by atoms with Crippen LogP contribution in [0.1, 0.15) is 25.3 Å². The van der Waals surface area contributed by atoms with Crippen LogP contribution in [0, 0.1) is 0 Å². The fourth-order valence-corrected chi connectivity index (χ4v) is 2.91. The van der Waals surface area contributed by atoms with Crippen LogP contribution in [0.2, 0.25) is 0 Å². The Morgan fingerprint density at radius 2 is 1.95 bits per heavy atom. The largest absolute Gasteiger partial charge is 0.311 e. The van der Waals surface area contributed by atoms with Crippen molar-refractivity contribution in [2.24, 2.45) is 0 Å². The predicted octanol–water partition coefficient (Wildman–Crippen LogP) is 2.45. The van der Waals surface area contributed by atoms with Crippen molar-refractivity contribution in [1.29, 1.82) is 0 Å². The highest BCUT2D eigenvalue weighted by molar-refractivity contribution is 5.30. The smallest absolute Gasteiger partial charge is 0.0645 e. The number of hydrogen-bond donors (Lipinski definition) is 1. The van der Waals surface area contributed by atoms with Crippen molar-refractivity contribution in [3.8, 4) is 5.69 Å². The first-order chi connectivity index (χ1) is 10.3. The molecule has 2 aromatic rings. The lowest BCUT2D eigenvalue weighted by Crippen LogP contribution is -2.38. The van der Waals surface area contributed by atoms with E-state index in [1.807, 2.05) is 29.1 Å². The van der Waals surface area contributed by atoms with Crippen molar-refractivity contribution in [2.45, 2.75) is 32.4 Å². The Bertz CT molecular complexity index is 543. The molecule has 4 nitrogen and oxygen atoms in total. The van der Waals surface area contributed by atoms with Gasteiger partial charge in [-0.3, -0.25) is 4.90 Å². The van der Waals surface area contributed by atoms with Gasteiger partial charge in [-0.05, 0) is 45.0 Å². The van der Waals surface area contributed by atoms with Crippen molar-refractivity contribution >= 4 is 0 Å². The van der Waals surface area contributed by atoms with Crippen LogP contribution in [0.5, 0.6) is 0 Å². The summed E-state index contributed by atoms with van der Waals surface area (Å²) in [6.07, 6.45) is 6.76. The minimum absolute atomic E-state index is 0.622. The molecule has 1 aliphatic rings. The molecule has 1 saturated heterocycles. The predicted molar refractivity (Wildman–Crippen MR) is 85.5 cm³/mol. The molecular weight excluding hydrogens is 260 g/mol. The Morgan fingerprint density at radius 3 is 2.71 bits per heavy atom. The molecule has 1 aliphatic heterocycles. The van der Waals surface area contributed by atoms with Gasteiger partial charge in [-0.15, -0.1) is 0 Å². The lowest BCUT2D eigenvalue weighted by atomic mass is 10.3. The number of para-hydroxylation sites is 1. The maximum atomic E-state index is 4.43. The summed E-state index contributed by atoms with van der Waals surface area (Å²) in [5.41, 5.74) is 2.33. The highest BCUT2D eigenvalue weighted by atomic mass is 15.3. The molecule has 1 aromatic carbocycles. The van der Waals surface area contributed by atoms with E-state index in [9.17, 15) is 0 Å². The topological polar surface area (TPSA) is 33.1 Å². The van der Waals surface area contributed by atoms with Crippen LogP contribution in [0.25, 0.3) is 5.69 Å². The standard InChI is InChI=1S/C17H24N4/c1-15(20-9-5-6-10-20)11-18-12-16-13-19-21(14-16)17-7-3-2-4-8-17/h2-4,7-8,13-15,18H,5-6,9-12H2,1H3. The van der Waals surface area contributed by atoms with Crippen molar-refractivity contribution in [2.75, 3.05) is 19.6 Å². The van der Waals surface area contributed by atoms with Crippen LogP contribution in [0.3, 0.4) is 0 Å². The van der Waals surface area contributed by atoms with Crippen molar-refractivity contribution in [3.63, 3.8) is 0 Å². The van der Waals surface area contributed by atoms with Crippen LogP contribution in [-0.4, -0.2) is 40.4 Å². The molecule has 4 heteroatoms. The van der Waals surface area contributed by atoms with Crippen LogP contribution in [0.15, 0.2) is 42.7 Å². The summed E-state index contributed by atoms with van der Waals surface area (Å²) in [4.78, 5) is 2.57. The zero-order valence-corrected chi connectivity index (χ0v) is 12.7. The first kappa shape index (κ1) is 14.3. The Balaban J connectivity index is 1.49. The van der Waals surface area contributed by atoms with Crippen LogP contribution >= 0.6 is 0 Å². The quantitative estimate of drug-likeness (QED) is 0.884. The molecule has 0 spiro atoms. The third-order valence-electron chi connectivity index (χ3n) is 4.19. The van der Waals surface area contributed by atoms with Gasteiger partial charge < -0.3 is 5.32 Å². The second kappa shape index (κ2) is 6.87. The first-order valence-corrected chi connectivity index (χ1v) is 7.86. The van der Waals surface area contributed by atoms with Gasteiger partial charge >= 0.3 is 0 Å². The van der Waals surface area contributed by atoms with E-state index < -0.39 is 0 Å². The summed E-state index contributed by atoms with van der Waals surface area (Å²) in [5.74, 6) is 0. The molecular formula is C17H24N4. The molecule has 1 atom stereocenters. The average Bonchev–Trinajstić information content (AvgIpc) is 3.20. The summed E-state index contributed by atoms with van der Waals surface area (Å²) in [7, 11) is 0. The van der Waals surface area contributed by atoms with Crippen molar-refractivity contribution in [1.82, 2.24) is 20.0 Å². The van der Waals surface area contributed by atoms with Gasteiger partial charge in [0.05, 0.1) is 11.9 Å². The van der Waals surface area contributed by atoms with Crippen molar-refractivity contribution in [3.05, 3.63) is 48.3 Å². The maximum absolute atomic E-state index is 4.43. The zero-order chi connectivity index (χ0) is 14.5. The molecule has 3 rings (SSSR count). The molecule has 0 saturated carbocycles. The van der Waals surface area contributed by atoms with E-state index in [1.54, 1.807) is 0 Å². The highest BCUT2D eigenvalue weighted by Crippen LogP contribution is 2.11. The number of likely N-dealkylation sites (tertiary alicyclic amines) is 1. The van der Waals surface area contributed by atoms with E-state index >= 15 is 0 Å². The van der Waals surface area contributed by atoms with E-state index in [4.69, 9.17) is 0 Å².